The van der Waals surface area contributed by atoms with Crippen molar-refractivity contribution in [3.05, 3.63) is 77.8 Å². The van der Waals surface area contributed by atoms with Crippen LogP contribution in [0.15, 0.2) is 65.5 Å². The Hall–Kier alpha value is -3.87. The van der Waals surface area contributed by atoms with Gasteiger partial charge in [0.15, 0.2) is 0 Å². The van der Waals surface area contributed by atoms with E-state index in [9.17, 15) is 9.59 Å². The van der Waals surface area contributed by atoms with Crippen LogP contribution < -0.4 is 10.6 Å². The van der Waals surface area contributed by atoms with Gasteiger partial charge in [0.2, 0.25) is 11.8 Å². The van der Waals surface area contributed by atoms with Gasteiger partial charge in [-0.3, -0.25) is 14.3 Å². The van der Waals surface area contributed by atoms with Crippen LogP contribution in [0.4, 0.5) is 11.4 Å². The second-order valence-electron chi connectivity index (χ2n) is 8.19. The maximum absolute atomic E-state index is 12.7. The molecule has 0 aliphatic heterocycles. The van der Waals surface area contributed by atoms with Gasteiger partial charge in [-0.1, -0.05) is 6.07 Å². The predicted molar refractivity (Wildman–Crippen MR) is 123 cm³/mol. The summed E-state index contributed by atoms with van der Waals surface area (Å²) in [6.45, 7) is 1.78. The first-order valence-electron chi connectivity index (χ1n) is 10.8. The summed E-state index contributed by atoms with van der Waals surface area (Å²) in [4.78, 5) is 25.2. The number of fused-ring (bicyclic) bond motifs is 2. The summed E-state index contributed by atoms with van der Waals surface area (Å²) in [5, 5.41) is 10.9. The standard InChI is InChI=1S/C25H24N4O3/c1-16(29-10-4-9-26-29)25(31)28-21-8-3-7-20(14-21)27-24(30)13-19-15-32-23-12-18-6-2-5-17(18)11-22(19)23/h3-4,7-12,14-16H,2,5-6,13H2,1H3,(H,27,30)(H,28,31). The molecule has 2 aromatic carbocycles. The van der Waals surface area contributed by atoms with Crippen molar-refractivity contribution in [2.45, 2.75) is 38.6 Å². The normalized spacial score (nSPS) is 13.7. The third kappa shape index (κ3) is 4.01. The Labute approximate surface area is 185 Å². The molecule has 0 spiro atoms. The van der Waals surface area contributed by atoms with Gasteiger partial charge < -0.3 is 15.1 Å². The molecule has 2 aromatic heterocycles. The molecule has 0 bridgehead atoms. The Bertz CT molecular complexity index is 1290. The first-order valence-corrected chi connectivity index (χ1v) is 10.8. The Morgan fingerprint density at radius 1 is 1.09 bits per heavy atom. The minimum atomic E-state index is -0.445. The van der Waals surface area contributed by atoms with Gasteiger partial charge >= 0.3 is 0 Å². The summed E-state index contributed by atoms with van der Waals surface area (Å²) in [6.07, 6.45) is 8.62. The van der Waals surface area contributed by atoms with Gasteiger partial charge in [0.1, 0.15) is 11.6 Å². The SMILES string of the molecule is CC(C(=O)Nc1cccc(NC(=O)Cc2coc3cc4c(cc23)CCC4)c1)n1cccn1. The van der Waals surface area contributed by atoms with Crippen LogP contribution in [0.3, 0.4) is 0 Å². The molecule has 32 heavy (non-hydrogen) atoms. The summed E-state index contributed by atoms with van der Waals surface area (Å²) in [5.41, 5.74) is 5.65. The van der Waals surface area contributed by atoms with Crippen LogP contribution >= 0.6 is 0 Å². The number of nitrogens with one attached hydrogen (secondary N) is 2. The smallest absolute Gasteiger partial charge is 0.248 e. The Balaban J connectivity index is 1.25. The first kappa shape index (κ1) is 20.1. The van der Waals surface area contributed by atoms with E-state index in [4.69, 9.17) is 4.42 Å². The molecule has 1 atom stereocenters. The van der Waals surface area contributed by atoms with Crippen LogP contribution in [-0.4, -0.2) is 21.6 Å². The molecule has 1 unspecified atom stereocenters. The molecule has 2 heterocycles. The average Bonchev–Trinajstić information content (AvgIpc) is 3.53. The second kappa shape index (κ2) is 8.34. The van der Waals surface area contributed by atoms with Gasteiger partial charge in [0.05, 0.1) is 12.7 Å². The zero-order chi connectivity index (χ0) is 22.1. The minimum absolute atomic E-state index is 0.137. The number of nitrogens with zero attached hydrogens (tertiary/aromatic N) is 2. The number of furan rings is 1. The molecule has 1 aliphatic carbocycles. The summed E-state index contributed by atoms with van der Waals surface area (Å²) < 4.78 is 7.30. The van der Waals surface area contributed by atoms with Gasteiger partial charge in [0, 0.05) is 34.7 Å². The molecule has 0 saturated carbocycles. The van der Waals surface area contributed by atoms with Crippen molar-refractivity contribution < 1.29 is 14.0 Å². The van der Waals surface area contributed by atoms with E-state index in [-0.39, 0.29) is 18.2 Å². The van der Waals surface area contributed by atoms with E-state index in [0.29, 0.717) is 11.4 Å². The van der Waals surface area contributed by atoms with E-state index in [0.717, 1.165) is 29.4 Å². The monoisotopic (exact) mass is 428 g/mol. The number of aromatic nitrogens is 2. The van der Waals surface area contributed by atoms with Crippen molar-refractivity contribution >= 4 is 34.2 Å². The van der Waals surface area contributed by atoms with Crippen molar-refractivity contribution in [2.75, 3.05) is 10.6 Å². The highest BCUT2D eigenvalue weighted by atomic mass is 16.3. The van der Waals surface area contributed by atoms with E-state index >= 15 is 0 Å². The van der Waals surface area contributed by atoms with E-state index in [1.165, 1.54) is 17.5 Å². The van der Waals surface area contributed by atoms with Crippen LogP contribution in [0.1, 0.15) is 36.1 Å². The van der Waals surface area contributed by atoms with E-state index in [1.807, 2.05) is 0 Å². The highest BCUT2D eigenvalue weighted by Gasteiger charge is 2.18. The van der Waals surface area contributed by atoms with Crippen molar-refractivity contribution in [3.63, 3.8) is 0 Å². The third-order valence-corrected chi connectivity index (χ3v) is 5.93. The quantitative estimate of drug-likeness (QED) is 0.473. The van der Waals surface area contributed by atoms with Gasteiger partial charge in [-0.2, -0.15) is 5.10 Å². The lowest BCUT2D eigenvalue weighted by Crippen LogP contribution is -2.24. The molecule has 0 radical (unpaired) electrons. The lowest BCUT2D eigenvalue weighted by Gasteiger charge is -2.13. The van der Waals surface area contributed by atoms with Crippen molar-refractivity contribution in [1.29, 1.82) is 0 Å². The molecule has 2 amide bonds. The number of hydrogen-bond donors (Lipinski definition) is 2. The first-order chi connectivity index (χ1) is 15.6. The lowest BCUT2D eigenvalue weighted by atomic mass is 10.0. The molecular weight excluding hydrogens is 404 g/mol. The zero-order valence-corrected chi connectivity index (χ0v) is 17.8. The van der Waals surface area contributed by atoms with Gasteiger partial charge in [-0.05, 0) is 73.7 Å². The molecular formula is C25H24N4O3. The summed E-state index contributed by atoms with van der Waals surface area (Å²) in [5.74, 6) is -0.323. The molecule has 1 aliphatic rings. The lowest BCUT2D eigenvalue weighted by molar-refractivity contribution is -0.119. The summed E-state index contributed by atoms with van der Waals surface area (Å²) in [6, 6.07) is 12.7. The highest BCUT2D eigenvalue weighted by Crippen LogP contribution is 2.30. The molecule has 7 nitrogen and oxygen atoms in total. The zero-order valence-electron chi connectivity index (χ0n) is 17.8. The number of benzene rings is 2. The van der Waals surface area contributed by atoms with Crippen LogP contribution in [0.5, 0.6) is 0 Å². The number of anilines is 2. The number of aryl methyl sites for hydroxylation is 2. The van der Waals surface area contributed by atoms with Gasteiger partial charge in [-0.25, -0.2) is 0 Å². The molecule has 2 N–H and O–H groups in total. The Kier molecular flexibility index (Phi) is 5.23. The summed E-state index contributed by atoms with van der Waals surface area (Å²) >= 11 is 0. The number of carbonyl (C=O) groups is 2. The fourth-order valence-corrected chi connectivity index (χ4v) is 4.21. The summed E-state index contributed by atoms with van der Waals surface area (Å²) in [7, 11) is 0. The fourth-order valence-electron chi connectivity index (χ4n) is 4.21. The highest BCUT2D eigenvalue weighted by molar-refractivity contribution is 5.97. The van der Waals surface area contributed by atoms with Crippen molar-refractivity contribution in [1.82, 2.24) is 9.78 Å². The van der Waals surface area contributed by atoms with Crippen LogP contribution in [0.25, 0.3) is 11.0 Å². The van der Waals surface area contributed by atoms with Gasteiger partial charge in [-0.15, -0.1) is 0 Å². The molecule has 162 valence electrons. The molecule has 7 heteroatoms. The molecule has 0 fully saturated rings. The van der Waals surface area contributed by atoms with E-state index < -0.39 is 6.04 Å². The van der Waals surface area contributed by atoms with Gasteiger partial charge in [0.25, 0.3) is 0 Å². The van der Waals surface area contributed by atoms with Crippen molar-refractivity contribution in [3.8, 4) is 0 Å². The second-order valence-corrected chi connectivity index (χ2v) is 8.19. The maximum Gasteiger partial charge on any atom is 0.248 e. The Morgan fingerprint density at radius 2 is 1.88 bits per heavy atom. The Morgan fingerprint density at radius 3 is 2.66 bits per heavy atom. The average molecular weight is 428 g/mol. The van der Waals surface area contributed by atoms with E-state index in [1.54, 1.807) is 60.6 Å². The minimum Gasteiger partial charge on any atom is -0.464 e. The molecule has 5 rings (SSSR count). The number of rotatable bonds is 6. The van der Waals surface area contributed by atoms with Crippen molar-refractivity contribution in [2.24, 2.45) is 0 Å². The predicted octanol–water partition coefficient (Wildman–Crippen LogP) is 4.50. The van der Waals surface area contributed by atoms with Crippen LogP contribution in [-0.2, 0) is 28.9 Å². The van der Waals surface area contributed by atoms with E-state index in [2.05, 4.69) is 27.9 Å². The van der Waals surface area contributed by atoms with Crippen LogP contribution in [0.2, 0.25) is 0 Å². The maximum atomic E-state index is 12.7. The number of carbonyl (C=O) groups excluding carboxylic acids is 2. The topological polar surface area (TPSA) is 89.2 Å². The third-order valence-electron chi connectivity index (χ3n) is 5.93. The molecule has 0 saturated heterocycles. The van der Waals surface area contributed by atoms with Crippen LogP contribution in [0, 0.1) is 0 Å². The molecule has 4 aromatic rings. The number of hydrogen-bond acceptors (Lipinski definition) is 4. The fraction of sp³-hybridized carbons (Fsp3) is 0.240. The number of amides is 2. The largest absolute Gasteiger partial charge is 0.464 e.